The van der Waals surface area contributed by atoms with E-state index >= 15 is 0 Å². The zero-order valence-electron chi connectivity index (χ0n) is 6.06. The van der Waals surface area contributed by atoms with E-state index in [1.54, 1.807) is 0 Å². The fourth-order valence-electron chi connectivity index (χ4n) is 0.745. The van der Waals surface area contributed by atoms with E-state index in [4.69, 9.17) is 10.8 Å². The Morgan fingerprint density at radius 2 is 2.50 bits per heavy atom. The minimum Gasteiger partial charge on any atom is -0.387 e. The molecule has 1 aromatic rings. The monoisotopic (exact) mass is 173 g/mol. The fraction of sp³-hybridized carbons (Fsp3) is 0.400. The van der Waals surface area contributed by atoms with E-state index in [2.05, 4.69) is 9.79 Å². The summed E-state index contributed by atoms with van der Waals surface area (Å²) in [6.45, 7) is -0.457. The molecule has 1 heterocycles. The molecule has 0 aliphatic carbocycles. The minimum atomic E-state index is -0.683. The molecule has 0 aliphatic heterocycles. The fourth-order valence-corrected chi connectivity index (χ4v) is 0.745. The van der Waals surface area contributed by atoms with Crippen LogP contribution in [0.4, 0.5) is 0 Å². The van der Waals surface area contributed by atoms with Crippen LogP contribution in [-0.2, 0) is 17.8 Å². The van der Waals surface area contributed by atoms with Gasteiger partial charge in [-0.05, 0) is 4.90 Å². The Morgan fingerprint density at radius 1 is 1.83 bits per heavy atom. The van der Waals surface area contributed by atoms with Crippen molar-refractivity contribution in [3.8, 4) is 0 Å². The molecule has 0 bridgehead atoms. The maximum atomic E-state index is 10.7. The summed E-state index contributed by atoms with van der Waals surface area (Å²) < 4.78 is 4.13. The standard InChI is InChI=1S/C5H7N3O4/c6-5(10)1-4-3(2-9)7-12-8(4)11/h9H,1-2H2,(H2,6,10). The van der Waals surface area contributed by atoms with Crippen molar-refractivity contribution in [1.29, 1.82) is 0 Å². The molecule has 12 heavy (non-hydrogen) atoms. The van der Waals surface area contributed by atoms with E-state index in [0.717, 1.165) is 0 Å². The van der Waals surface area contributed by atoms with Crippen molar-refractivity contribution >= 4 is 5.91 Å². The first-order valence-corrected chi connectivity index (χ1v) is 3.11. The second-order valence-electron chi connectivity index (χ2n) is 2.12. The Hall–Kier alpha value is -1.63. The van der Waals surface area contributed by atoms with Gasteiger partial charge in [-0.1, -0.05) is 0 Å². The molecule has 1 aromatic heterocycles. The average Bonchev–Trinajstić information content (AvgIpc) is 2.32. The molecule has 66 valence electrons. The normalized spacial score (nSPS) is 10.1. The third kappa shape index (κ3) is 1.51. The zero-order valence-corrected chi connectivity index (χ0v) is 6.06. The molecule has 0 saturated carbocycles. The zero-order chi connectivity index (χ0) is 9.14. The first-order chi connectivity index (χ1) is 5.65. The number of aromatic nitrogens is 2. The van der Waals surface area contributed by atoms with Crippen LogP contribution in [0.3, 0.4) is 0 Å². The molecule has 7 heteroatoms. The van der Waals surface area contributed by atoms with Crippen molar-refractivity contribution < 1.29 is 19.4 Å². The van der Waals surface area contributed by atoms with Crippen molar-refractivity contribution in [2.45, 2.75) is 13.0 Å². The van der Waals surface area contributed by atoms with Crippen LogP contribution in [0.5, 0.6) is 0 Å². The number of nitrogens with two attached hydrogens (primary N) is 1. The molecule has 7 nitrogen and oxygen atoms in total. The molecule has 1 rings (SSSR count). The molecular formula is C5H7N3O4. The molecule has 0 saturated heterocycles. The van der Waals surface area contributed by atoms with Gasteiger partial charge < -0.3 is 16.0 Å². The van der Waals surface area contributed by atoms with Gasteiger partial charge >= 0.3 is 0 Å². The van der Waals surface area contributed by atoms with Gasteiger partial charge in [0.25, 0.3) is 0 Å². The molecule has 1 amide bonds. The van der Waals surface area contributed by atoms with Crippen LogP contribution < -0.4 is 10.6 Å². The van der Waals surface area contributed by atoms with Gasteiger partial charge in [0.15, 0.2) is 0 Å². The Labute approximate surface area is 66.9 Å². The predicted molar refractivity (Wildman–Crippen MR) is 34.3 cm³/mol. The lowest BCUT2D eigenvalue weighted by molar-refractivity contribution is -0.807. The number of primary amides is 1. The number of aliphatic hydroxyl groups excluding tert-OH is 1. The molecule has 0 aliphatic rings. The quantitative estimate of drug-likeness (QED) is 0.504. The van der Waals surface area contributed by atoms with Gasteiger partial charge in [0.2, 0.25) is 17.3 Å². The van der Waals surface area contributed by atoms with Gasteiger partial charge in [0.1, 0.15) is 6.61 Å². The second-order valence-corrected chi connectivity index (χ2v) is 2.12. The lowest BCUT2D eigenvalue weighted by Gasteiger charge is -1.91. The van der Waals surface area contributed by atoms with E-state index in [1.165, 1.54) is 0 Å². The number of hydrogen-bond acceptors (Lipinski definition) is 5. The van der Waals surface area contributed by atoms with E-state index in [0.29, 0.717) is 0 Å². The van der Waals surface area contributed by atoms with Crippen LogP contribution in [0, 0.1) is 5.21 Å². The van der Waals surface area contributed by atoms with E-state index in [-0.39, 0.29) is 22.7 Å². The maximum Gasteiger partial charge on any atom is 0.246 e. The van der Waals surface area contributed by atoms with Gasteiger partial charge in [-0.15, -0.1) is 0 Å². The Bertz CT molecular complexity index is 295. The van der Waals surface area contributed by atoms with Crippen LogP contribution in [0.25, 0.3) is 0 Å². The molecule has 0 unspecified atom stereocenters. The smallest absolute Gasteiger partial charge is 0.246 e. The largest absolute Gasteiger partial charge is 0.387 e. The first-order valence-electron chi connectivity index (χ1n) is 3.11. The first kappa shape index (κ1) is 8.47. The van der Waals surface area contributed by atoms with Gasteiger partial charge in [-0.2, -0.15) is 0 Å². The minimum absolute atomic E-state index is 0.0313. The van der Waals surface area contributed by atoms with Crippen LogP contribution in [0.15, 0.2) is 4.63 Å². The molecule has 0 spiro atoms. The Balaban J connectivity index is 2.94. The summed E-state index contributed by atoms with van der Waals surface area (Å²) in [5, 5.41) is 22.5. The summed E-state index contributed by atoms with van der Waals surface area (Å²) in [7, 11) is 0. The van der Waals surface area contributed by atoms with E-state index in [9.17, 15) is 10.0 Å². The average molecular weight is 173 g/mol. The topological polar surface area (TPSA) is 116 Å². The Morgan fingerprint density at radius 3 is 3.00 bits per heavy atom. The van der Waals surface area contributed by atoms with Crippen molar-refractivity contribution in [3.05, 3.63) is 16.6 Å². The van der Waals surface area contributed by atoms with Crippen LogP contribution >= 0.6 is 0 Å². The third-order valence-electron chi connectivity index (χ3n) is 1.27. The van der Waals surface area contributed by atoms with Crippen LogP contribution in [-0.4, -0.2) is 16.2 Å². The van der Waals surface area contributed by atoms with Crippen LogP contribution in [0.2, 0.25) is 0 Å². The number of hydrogen-bond donors (Lipinski definition) is 2. The number of carbonyl (C=O) groups excluding carboxylic acids is 1. The number of aliphatic hydroxyl groups is 1. The highest BCUT2D eigenvalue weighted by molar-refractivity contribution is 5.75. The molecule has 0 fully saturated rings. The number of rotatable bonds is 3. The highest BCUT2D eigenvalue weighted by Gasteiger charge is 2.19. The summed E-state index contributed by atoms with van der Waals surface area (Å²) in [6.07, 6.45) is -0.289. The number of nitrogens with zero attached hydrogens (tertiary/aromatic N) is 2. The molecule has 0 atom stereocenters. The van der Waals surface area contributed by atoms with Gasteiger partial charge in [-0.3, -0.25) is 9.42 Å². The molecule has 3 N–H and O–H groups in total. The summed E-state index contributed by atoms with van der Waals surface area (Å²) >= 11 is 0. The van der Waals surface area contributed by atoms with Crippen molar-refractivity contribution in [2.24, 2.45) is 5.73 Å². The number of amides is 1. The predicted octanol–water partition coefficient (Wildman–Crippen LogP) is -2.17. The van der Waals surface area contributed by atoms with E-state index in [1.807, 2.05) is 0 Å². The molecular weight excluding hydrogens is 166 g/mol. The van der Waals surface area contributed by atoms with Gasteiger partial charge in [0, 0.05) is 5.16 Å². The second kappa shape index (κ2) is 3.18. The molecule has 0 aromatic carbocycles. The van der Waals surface area contributed by atoms with Gasteiger partial charge in [-0.25, -0.2) is 0 Å². The summed E-state index contributed by atoms with van der Waals surface area (Å²) in [4.78, 5) is 10.5. The van der Waals surface area contributed by atoms with Crippen molar-refractivity contribution in [3.63, 3.8) is 0 Å². The highest BCUT2D eigenvalue weighted by atomic mass is 16.8. The van der Waals surface area contributed by atoms with Gasteiger partial charge in [0.05, 0.1) is 6.42 Å². The summed E-state index contributed by atoms with van der Waals surface area (Å²) in [6, 6.07) is 0. The summed E-state index contributed by atoms with van der Waals surface area (Å²) in [5.41, 5.74) is 4.81. The lowest BCUT2D eigenvalue weighted by atomic mass is 10.2. The van der Waals surface area contributed by atoms with Crippen molar-refractivity contribution in [2.75, 3.05) is 0 Å². The van der Waals surface area contributed by atoms with Crippen molar-refractivity contribution in [1.82, 2.24) is 5.16 Å². The SMILES string of the molecule is NC(=O)Cc1c(CO)no[n+]1[O-]. The Kier molecular flexibility index (Phi) is 2.24. The van der Waals surface area contributed by atoms with Crippen LogP contribution in [0.1, 0.15) is 11.4 Å². The summed E-state index contributed by atoms with van der Waals surface area (Å²) in [5.74, 6) is -0.683. The molecule has 0 radical (unpaired) electrons. The highest BCUT2D eigenvalue weighted by Crippen LogP contribution is 2.00. The number of carbonyl (C=O) groups is 1. The maximum absolute atomic E-state index is 10.7. The lowest BCUT2D eigenvalue weighted by Crippen LogP contribution is -2.32. The third-order valence-corrected chi connectivity index (χ3v) is 1.27. The van der Waals surface area contributed by atoms with E-state index < -0.39 is 12.5 Å².